The van der Waals surface area contributed by atoms with Crippen molar-refractivity contribution in [3.8, 4) is 11.1 Å². The van der Waals surface area contributed by atoms with Crippen LogP contribution in [0.2, 0.25) is 0 Å². The number of para-hydroxylation sites is 1. The Morgan fingerprint density at radius 3 is 2.60 bits per heavy atom. The summed E-state index contributed by atoms with van der Waals surface area (Å²) in [6.45, 7) is 5.63. The minimum atomic E-state index is -1.36. The Bertz CT molecular complexity index is 1430. The second kappa shape index (κ2) is 9.55. The number of aromatic nitrogens is 3. The second-order valence-corrected chi connectivity index (χ2v) is 8.76. The molecular weight excluding hydrogens is 444 g/mol. The molecular formula is C26H28N6O3. The number of nitrogen functional groups attached to an aromatic ring is 1. The lowest BCUT2D eigenvalue weighted by atomic mass is 9.99. The fourth-order valence-corrected chi connectivity index (χ4v) is 4.05. The number of fused-ring (bicyclic) bond motifs is 1. The highest BCUT2D eigenvalue weighted by Crippen LogP contribution is 2.29. The van der Waals surface area contributed by atoms with Crippen LogP contribution in [0.5, 0.6) is 0 Å². The Hall–Kier alpha value is -4.24. The maximum Gasteiger partial charge on any atom is 0.257 e. The number of aryl methyl sites for hydroxylation is 2. The second-order valence-electron chi connectivity index (χ2n) is 8.76. The third-order valence-corrected chi connectivity index (χ3v) is 5.72. The van der Waals surface area contributed by atoms with Crippen LogP contribution in [0.4, 0.5) is 11.5 Å². The Morgan fingerprint density at radius 2 is 1.89 bits per heavy atom. The molecule has 0 radical (unpaired) electrons. The number of pyridine rings is 1. The molecule has 0 unspecified atom stereocenters. The first-order valence-electron chi connectivity index (χ1n) is 11.2. The van der Waals surface area contributed by atoms with Crippen molar-refractivity contribution in [3.05, 3.63) is 71.5 Å². The van der Waals surface area contributed by atoms with Crippen molar-refractivity contribution >= 4 is 34.2 Å². The van der Waals surface area contributed by atoms with Crippen LogP contribution in [-0.2, 0) is 11.8 Å². The van der Waals surface area contributed by atoms with Crippen molar-refractivity contribution in [2.45, 2.75) is 32.9 Å². The molecule has 35 heavy (non-hydrogen) atoms. The first-order valence-corrected chi connectivity index (χ1v) is 11.2. The predicted molar refractivity (Wildman–Crippen MR) is 136 cm³/mol. The highest BCUT2D eigenvalue weighted by Gasteiger charge is 2.22. The third-order valence-electron chi connectivity index (χ3n) is 5.72. The third kappa shape index (κ3) is 4.85. The standard InChI is InChI=1S/C26H28N6O3/c1-14(2)30-25(34)21-11-17(12-28-24(21)27)19-9-8-18(10-15(19)3)31-26(35)23(33)20-7-5-6-16-13-29-32(4)22(16)20/h5-14,23,33H,1-4H3,(H2,27,28)(H,30,34)(H,31,35)/t23-/m1/s1. The van der Waals surface area contributed by atoms with E-state index in [1.807, 2.05) is 32.9 Å². The number of amides is 2. The van der Waals surface area contributed by atoms with Crippen molar-refractivity contribution in [1.29, 1.82) is 0 Å². The minimum Gasteiger partial charge on any atom is -0.383 e. The first kappa shape index (κ1) is 23.9. The van der Waals surface area contributed by atoms with E-state index in [4.69, 9.17) is 5.73 Å². The molecule has 2 amide bonds. The van der Waals surface area contributed by atoms with Gasteiger partial charge in [0.1, 0.15) is 5.82 Å². The maximum atomic E-state index is 12.8. The number of aliphatic hydroxyl groups is 1. The number of rotatable bonds is 6. The van der Waals surface area contributed by atoms with Crippen LogP contribution in [0.3, 0.4) is 0 Å². The molecule has 4 aromatic rings. The summed E-state index contributed by atoms with van der Waals surface area (Å²) in [6, 6.07) is 12.4. The van der Waals surface area contributed by atoms with E-state index >= 15 is 0 Å². The number of anilines is 2. The Kier molecular flexibility index (Phi) is 6.52. The molecule has 0 saturated heterocycles. The van der Waals surface area contributed by atoms with Gasteiger partial charge >= 0.3 is 0 Å². The fraction of sp³-hybridized carbons (Fsp3) is 0.231. The quantitative estimate of drug-likeness (QED) is 0.340. The van der Waals surface area contributed by atoms with Crippen LogP contribution in [0, 0.1) is 6.92 Å². The molecule has 0 fully saturated rings. The SMILES string of the molecule is Cc1cc(NC(=O)[C@H](O)c2cccc3cnn(C)c23)ccc1-c1cnc(N)c(C(=O)NC(C)C)c1. The van der Waals surface area contributed by atoms with Gasteiger partial charge in [-0.15, -0.1) is 0 Å². The zero-order chi connectivity index (χ0) is 25.3. The Balaban J connectivity index is 1.56. The molecule has 0 bridgehead atoms. The molecule has 9 nitrogen and oxygen atoms in total. The number of hydrogen-bond donors (Lipinski definition) is 4. The first-order chi connectivity index (χ1) is 16.7. The molecule has 2 aromatic carbocycles. The molecule has 180 valence electrons. The van der Waals surface area contributed by atoms with Crippen molar-refractivity contribution in [1.82, 2.24) is 20.1 Å². The lowest BCUT2D eigenvalue weighted by molar-refractivity contribution is -0.124. The number of nitrogens with two attached hydrogens (primary N) is 1. The zero-order valence-electron chi connectivity index (χ0n) is 20.0. The fourth-order valence-electron chi connectivity index (χ4n) is 4.05. The Labute approximate surface area is 203 Å². The predicted octanol–water partition coefficient (Wildman–Crippen LogP) is 3.34. The van der Waals surface area contributed by atoms with Gasteiger partial charge in [0.2, 0.25) is 0 Å². The monoisotopic (exact) mass is 472 g/mol. The van der Waals surface area contributed by atoms with Gasteiger partial charge in [-0.25, -0.2) is 4.98 Å². The van der Waals surface area contributed by atoms with E-state index in [0.717, 1.165) is 22.1 Å². The van der Waals surface area contributed by atoms with Crippen molar-refractivity contribution in [2.24, 2.45) is 7.05 Å². The van der Waals surface area contributed by atoms with Gasteiger partial charge in [-0.05, 0) is 50.1 Å². The molecule has 2 heterocycles. The molecule has 5 N–H and O–H groups in total. The van der Waals surface area contributed by atoms with E-state index in [0.29, 0.717) is 22.3 Å². The Morgan fingerprint density at radius 1 is 1.11 bits per heavy atom. The number of aliphatic hydroxyl groups excluding tert-OH is 1. The number of nitrogens with zero attached hydrogens (tertiary/aromatic N) is 3. The van der Waals surface area contributed by atoms with Crippen molar-refractivity contribution in [2.75, 3.05) is 11.1 Å². The summed E-state index contributed by atoms with van der Waals surface area (Å²) in [5.74, 6) is -0.677. The highest BCUT2D eigenvalue weighted by molar-refractivity contribution is 6.00. The normalized spacial score (nSPS) is 12.1. The summed E-state index contributed by atoms with van der Waals surface area (Å²) >= 11 is 0. The molecule has 2 aromatic heterocycles. The van der Waals surface area contributed by atoms with Crippen LogP contribution in [0.1, 0.15) is 41.4 Å². The van der Waals surface area contributed by atoms with Gasteiger partial charge in [-0.2, -0.15) is 5.10 Å². The zero-order valence-corrected chi connectivity index (χ0v) is 20.0. The van der Waals surface area contributed by atoms with Gasteiger partial charge in [0.05, 0.1) is 17.3 Å². The number of hydrogen-bond acceptors (Lipinski definition) is 6. The number of nitrogens with one attached hydrogen (secondary N) is 2. The van der Waals surface area contributed by atoms with Crippen LogP contribution < -0.4 is 16.4 Å². The largest absolute Gasteiger partial charge is 0.383 e. The topological polar surface area (TPSA) is 135 Å². The maximum absolute atomic E-state index is 12.8. The average Bonchev–Trinajstić information content (AvgIpc) is 3.19. The van der Waals surface area contributed by atoms with Crippen molar-refractivity contribution in [3.63, 3.8) is 0 Å². The number of benzene rings is 2. The molecule has 4 rings (SSSR count). The lowest BCUT2D eigenvalue weighted by Gasteiger charge is -2.15. The molecule has 0 aliphatic carbocycles. The van der Waals surface area contributed by atoms with E-state index in [9.17, 15) is 14.7 Å². The van der Waals surface area contributed by atoms with Gasteiger partial charge in [0.25, 0.3) is 11.8 Å². The van der Waals surface area contributed by atoms with Gasteiger partial charge in [0.15, 0.2) is 6.10 Å². The summed E-state index contributed by atoms with van der Waals surface area (Å²) < 4.78 is 1.64. The van der Waals surface area contributed by atoms with Gasteiger partial charge in [-0.3, -0.25) is 14.3 Å². The molecule has 9 heteroatoms. The van der Waals surface area contributed by atoms with Gasteiger partial charge in [0, 0.05) is 41.5 Å². The van der Waals surface area contributed by atoms with Crippen LogP contribution in [0.25, 0.3) is 22.0 Å². The summed E-state index contributed by atoms with van der Waals surface area (Å²) in [7, 11) is 1.77. The van der Waals surface area contributed by atoms with Crippen molar-refractivity contribution < 1.29 is 14.7 Å². The highest BCUT2D eigenvalue weighted by atomic mass is 16.3. The van der Waals surface area contributed by atoms with E-state index in [-0.39, 0.29) is 17.8 Å². The smallest absolute Gasteiger partial charge is 0.257 e. The van der Waals surface area contributed by atoms with Gasteiger partial charge < -0.3 is 21.5 Å². The molecule has 0 aliphatic rings. The molecule has 0 aliphatic heterocycles. The number of carbonyl (C=O) groups excluding carboxylic acids is 2. The average molecular weight is 473 g/mol. The summed E-state index contributed by atoms with van der Waals surface area (Å²) in [5.41, 5.74) is 10.4. The van der Waals surface area contributed by atoms with E-state index in [2.05, 4.69) is 20.7 Å². The lowest BCUT2D eigenvalue weighted by Crippen LogP contribution is -2.30. The van der Waals surface area contributed by atoms with Gasteiger partial charge in [-0.1, -0.05) is 24.3 Å². The molecule has 0 saturated carbocycles. The van der Waals surface area contributed by atoms with Crippen LogP contribution in [-0.4, -0.2) is 37.7 Å². The van der Waals surface area contributed by atoms with Crippen LogP contribution in [0.15, 0.2) is 54.9 Å². The summed E-state index contributed by atoms with van der Waals surface area (Å²) in [6.07, 6.45) is 1.94. The number of carbonyl (C=O) groups is 2. The summed E-state index contributed by atoms with van der Waals surface area (Å²) in [5, 5.41) is 21.4. The molecule has 1 atom stereocenters. The van der Waals surface area contributed by atoms with E-state index in [1.54, 1.807) is 54.5 Å². The minimum absolute atomic E-state index is 0.0320. The molecule has 0 spiro atoms. The van der Waals surface area contributed by atoms with Crippen LogP contribution >= 0.6 is 0 Å². The van der Waals surface area contributed by atoms with E-state index in [1.165, 1.54) is 0 Å². The summed E-state index contributed by atoms with van der Waals surface area (Å²) in [4.78, 5) is 29.5. The van der Waals surface area contributed by atoms with E-state index < -0.39 is 12.0 Å².